The van der Waals surface area contributed by atoms with Crippen LogP contribution in [0.3, 0.4) is 0 Å². The van der Waals surface area contributed by atoms with Crippen LogP contribution >= 0.6 is 23.2 Å². The number of nitrogens with zero attached hydrogens (tertiary/aromatic N) is 1. The molecule has 0 fully saturated rings. The monoisotopic (exact) mass is 260 g/mol. The first-order chi connectivity index (χ1) is 7.63. The summed E-state index contributed by atoms with van der Waals surface area (Å²) in [7, 11) is 0. The van der Waals surface area contributed by atoms with Crippen molar-refractivity contribution in [3.05, 3.63) is 33.8 Å². The van der Waals surface area contributed by atoms with Crippen molar-refractivity contribution in [1.82, 2.24) is 5.43 Å². The first-order valence-corrected chi connectivity index (χ1v) is 5.30. The third kappa shape index (κ3) is 4.08. The number of benzene rings is 1. The van der Waals surface area contributed by atoms with Crippen LogP contribution in [0.2, 0.25) is 10.0 Å². The maximum absolute atomic E-state index is 10.9. The lowest BCUT2D eigenvalue weighted by Crippen LogP contribution is -2.18. The minimum Gasteiger partial charge on any atom is -0.449 e. The summed E-state index contributed by atoms with van der Waals surface area (Å²) in [5.74, 6) is 0. The van der Waals surface area contributed by atoms with Gasteiger partial charge in [-0.2, -0.15) is 5.10 Å². The van der Waals surface area contributed by atoms with Crippen LogP contribution in [0.4, 0.5) is 4.79 Å². The molecule has 0 unspecified atom stereocenters. The smallest absolute Gasteiger partial charge is 0.427 e. The highest BCUT2D eigenvalue weighted by Gasteiger charge is 1.98. The molecular formula is C10H10Cl2N2O2. The summed E-state index contributed by atoms with van der Waals surface area (Å²) in [5.41, 5.74) is 2.93. The number of hydrazone groups is 1. The number of carbonyl (C=O) groups excluding carboxylic acids is 1. The fourth-order valence-electron chi connectivity index (χ4n) is 0.916. The molecule has 0 saturated carbocycles. The van der Waals surface area contributed by atoms with E-state index in [0.717, 1.165) is 5.56 Å². The molecule has 1 N–H and O–H groups in total. The van der Waals surface area contributed by atoms with E-state index in [1.54, 1.807) is 25.1 Å². The molecule has 0 aliphatic rings. The van der Waals surface area contributed by atoms with Gasteiger partial charge in [-0.25, -0.2) is 10.2 Å². The van der Waals surface area contributed by atoms with Gasteiger partial charge < -0.3 is 4.74 Å². The normalized spacial score (nSPS) is 10.4. The van der Waals surface area contributed by atoms with E-state index in [9.17, 15) is 4.79 Å². The molecule has 4 nitrogen and oxygen atoms in total. The van der Waals surface area contributed by atoms with E-state index in [0.29, 0.717) is 16.7 Å². The van der Waals surface area contributed by atoms with Gasteiger partial charge in [-0.05, 0) is 24.6 Å². The van der Waals surface area contributed by atoms with Crippen molar-refractivity contribution >= 4 is 35.5 Å². The Morgan fingerprint density at radius 1 is 1.50 bits per heavy atom. The molecule has 86 valence electrons. The Hall–Kier alpha value is -1.26. The topological polar surface area (TPSA) is 50.7 Å². The molecule has 1 aromatic rings. The van der Waals surface area contributed by atoms with E-state index in [1.807, 2.05) is 0 Å². The maximum atomic E-state index is 10.9. The third-order valence-corrected chi connectivity index (χ3v) is 2.33. The van der Waals surface area contributed by atoms with Crippen LogP contribution in [0, 0.1) is 0 Å². The minimum atomic E-state index is -0.598. The van der Waals surface area contributed by atoms with Gasteiger partial charge in [-0.1, -0.05) is 29.3 Å². The molecule has 0 saturated heterocycles. The Balaban J connectivity index is 2.56. The average molecular weight is 261 g/mol. The number of hydrogen-bond acceptors (Lipinski definition) is 3. The zero-order valence-corrected chi connectivity index (χ0v) is 10.0. The van der Waals surface area contributed by atoms with Crippen LogP contribution in [0.25, 0.3) is 0 Å². The third-order valence-electron chi connectivity index (χ3n) is 1.59. The van der Waals surface area contributed by atoms with Gasteiger partial charge in [0.2, 0.25) is 0 Å². The summed E-state index contributed by atoms with van der Waals surface area (Å²) < 4.78 is 4.61. The second-order valence-electron chi connectivity index (χ2n) is 2.76. The first-order valence-electron chi connectivity index (χ1n) is 4.54. The van der Waals surface area contributed by atoms with Crippen molar-refractivity contribution in [2.45, 2.75) is 6.92 Å². The molecule has 0 atom stereocenters. The summed E-state index contributed by atoms with van der Waals surface area (Å²) in [6.07, 6.45) is 0.845. The van der Waals surface area contributed by atoms with Crippen molar-refractivity contribution in [3.63, 3.8) is 0 Å². The quantitative estimate of drug-likeness (QED) is 0.671. The van der Waals surface area contributed by atoms with Crippen LogP contribution < -0.4 is 5.43 Å². The lowest BCUT2D eigenvalue weighted by Gasteiger charge is -1.99. The van der Waals surface area contributed by atoms with Gasteiger partial charge in [-0.3, -0.25) is 0 Å². The summed E-state index contributed by atoms with van der Waals surface area (Å²) >= 11 is 11.5. The molecule has 0 spiro atoms. The Kier molecular flexibility index (Phi) is 5.08. The van der Waals surface area contributed by atoms with Gasteiger partial charge in [0.05, 0.1) is 22.9 Å². The van der Waals surface area contributed by atoms with Crippen molar-refractivity contribution in [3.8, 4) is 0 Å². The Labute approximate surface area is 103 Å². The fourth-order valence-corrected chi connectivity index (χ4v) is 1.22. The van der Waals surface area contributed by atoms with Crippen molar-refractivity contribution < 1.29 is 9.53 Å². The minimum absolute atomic E-state index is 0.300. The first kappa shape index (κ1) is 12.8. The average Bonchev–Trinajstić information content (AvgIpc) is 2.24. The predicted octanol–water partition coefficient (Wildman–Crippen LogP) is 3.07. The summed E-state index contributed by atoms with van der Waals surface area (Å²) in [6.45, 7) is 2.01. The molecular weight excluding hydrogens is 251 g/mol. The number of hydrogen-bond donors (Lipinski definition) is 1. The van der Waals surface area contributed by atoms with Crippen LogP contribution in [0.15, 0.2) is 23.3 Å². The molecule has 0 aromatic heterocycles. The van der Waals surface area contributed by atoms with Gasteiger partial charge in [0.1, 0.15) is 0 Å². The van der Waals surface area contributed by atoms with Gasteiger partial charge in [-0.15, -0.1) is 0 Å². The fraction of sp³-hybridized carbons (Fsp3) is 0.200. The lowest BCUT2D eigenvalue weighted by molar-refractivity contribution is 0.152. The van der Waals surface area contributed by atoms with Crippen molar-refractivity contribution in [2.75, 3.05) is 6.61 Å². The number of ether oxygens (including phenoxy) is 1. The van der Waals surface area contributed by atoms with Gasteiger partial charge in [0, 0.05) is 0 Å². The Morgan fingerprint density at radius 2 is 2.25 bits per heavy atom. The second-order valence-corrected chi connectivity index (χ2v) is 3.58. The SMILES string of the molecule is CCOC(=O)N/N=C/c1ccc(Cl)c(Cl)c1. The summed E-state index contributed by atoms with van der Waals surface area (Å²) in [5, 5.41) is 4.58. The van der Waals surface area contributed by atoms with Crippen LogP contribution in [-0.2, 0) is 4.74 Å². The van der Waals surface area contributed by atoms with E-state index in [2.05, 4.69) is 15.3 Å². The molecule has 1 amide bonds. The molecule has 16 heavy (non-hydrogen) atoms. The Bertz CT molecular complexity index is 408. The van der Waals surface area contributed by atoms with Crippen molar-refractivity contribution in [2.24, 2.45) is 5.10 Å². The van der Waals surface area contributed by atoms with Crippen molar-refractivity contribution in [1.29, 1.82) is 0 Å². The number of nitrogens with one attached hydrogen (secondary N) is 1. The van der Waals surface area contributed by atoms with Crippen LogP contribution in [0.5, 0.6) is 0 Å². The van der Waals surface area contributed by atoms with Crippen LogP contribution in [0.1, 0.15) is 12.5 Å². The highest BCUT2D eigenvalue weighted by Crippen LogP contribution is 2.21. The van der Waals surface area contributed by atoms with Crippen LogP contribution in [-0.4, -0.2) is 18.9 Å². The van der Waals surface area contributed by atoms with Gasteiger partial charge in [0.25, 0.3) is 0 Å². The predicted molar refractivity (Wildman–Crippen MR) is 64.2 cm³/mol. The van der Waals surface area contributed by atoms with E-state index in [4.69, 9.17) is 23.2 Å². The number of amides is 1. The van der Waals surface area contributed by atoms with E-state index < -0.39 is 6.09 Å². The zero-order valence-electron chi connectivity index (χ0n) is 8.54. The molecule has 6 heteroatoms. The van der Waals surface area contributed by atoms with Gasteiger partial charge >= 0.3 is 6.09 Å². The van der Waals surface area contributed by atoms with E-state index in [1.165, 1.54) is 6.21 Å². The highest BCUT2D eigenvalue weighted by atomic mass is 35.5. The molecule has 0 radical (unpaired) electrons. The Morgan fingerprint density at radius 3 is 2.88 bits per heavy atom. The number of carbonyl (C=O) groups is 1. The lowest BCUT2D eigenvalue weighted by atomic mass is 10.2. The number of halogens is 2. The zero-order chi connectivity index (χ0) is 12.0. The molecule has 0 heterocycles. The molecule has 0 bridgehead atoms. The van der Waals surface area contributed by atoms with E-state index >= 15 is 0 Å². The highest BCUT2D eigenvalue weighted by molar-refractivity contribution is 6.42. The van der Waals surface area contributed by atoms with Gasteiger partial charge in [0.15, 0.2) is 0 Å². The summed E-state index contributed by atoms with van der Waals surface area (Å²) in [6, 6.07) is 5.01. The largest absolute Gasteiger partial charge is 0.449 e. The molecule has 1 aromatic carbocycles. The molecule has 0 aliphatic heterocycles. The second kappa shape index (κ2) is 6.35. The number of rotatable bonds is 3. The molecule has 0 aliphatic carbocycles. The van der Waals surface area contributed by atoms with E-state index in [-0.39, 0.29) is 0 Å². The summed E-state index contributed by atoms with van der Waals surface area (Å²) in [4.78, 5) is 10.9. The maximum Gasteiger partial charge on any atom is 0.427 e. The standard InChI is InChI=1S/C10H10Cl2N2O2/c1-2-16-10(15)14-13-6-7-3-4-8(11)9(12)5-7/h3-6H,2H2,1H3,(H,14,15)/b13-6+. The molecule has 1 rings (SSSR count).